The molecule has 2 N–H and O–H groups in total. The van der Waals surface area contributed by atoms with Gasteiger partial charge in [-0.15, -0.1) is 0 Å². The molecule has 3 rings (SSSR count). The van der Waals surface area contributed by atoms with E-state index < -0.39 is 0 Å². The third-order valence-corrected chi connectivity index (χ3v) is 4.67. The van der Waals surface area contributed by atoms with Gasteiger partial charge in [-0.3, -0.25) is 5.21 Å². The molecule has 3 nitrogen and oxygen atoms in total. The van der Waals surface area contributed by atoms with Crippen molar-refractivity contribution in [3.05, 3.63) is 119 Å². The fraction of sp³-hybridized carbons (Fsp3) is 0.172. The molecule has 0 aliphatic rings. The Balaban J connectivity index is 0.00000176. The van der Waals surface area contributed by atoms with Crippen molar-refractivity contribution in [2.45, 2.75) is 34.6 Å². The lowest BCUT2D eigenvalue weighted by Crippen LogP contribution is -2.15. The summed E-state index contributed by atoms with van der Waals surface area (Å²) in [6.45, 7) is 10.0. The summed E-state index contributed by atoms with van der Waals surface area (Å²) < 4.78 is 0. The monoisotopic (exact) mass is 426 g/mol. The normalized spacial score (nSPS) is 11.4. The third kappa shape index (κ3) is 7.60. The molecule has 0 atom stereocenters. The number of rotatable bonds is 7. The van der Waals surface area contributed by atoms with Gasteiger partial charge in [0.25, 0.3) is 0 Å². The molecule has 0 saturated heterocycles. The highest BCUT2D eigenvalue weighted by Gasteiger charge is 2.05. The Labute approximate surface area is 193 Å². The molecule has 0 aliphatic heterocycles. The van der Waals surface area contributed by atoms with Gasteiger partial charge in [-0.25, -0.2) is 5.06 Å². The molecule has 0 aromatic heterocycles. The number of anilines is 3. The minimum atomic E-state index is 0.690. The molecule has 0 fully saturated rings. The average Bonchev–Trinajstić information content (AvgIpc) is 2.82. The molecule has 0 spiro atoms. The second-order valence-corrected chi connectivity index (χ2v) is 7.21. The van der Waals surface area contributed by atoms with E-state index in [1.54, 1.807) is 0 Å². The highest BCUT2D eigenvalue weighted by Crippen LogP contribution is 2.20. The summed E-state index contributed by atoms with van der Waals surface area (Å²) in [6, 6.07) is 24.3. The predicted molar refractivity (Wildman–Crippen MR) is 140 cm³/mol. The Morgan fingerprint density at radius 2 is 1.28 bits per heavy atom. The van der Waals surface area contributed by atoms with Crippen LogP contribution in [0.2, 0.25) is 0 Å². The Bertz CT molecular complexity index is 1030. The van der Waals surface area contributed by atoms with Crippen LogP contribution >= 0.6 is 0 Å². The van der Waals surface area contributed by atoms with Gasteiger partial charge in [-0.1, -0.05) is 79.6 Å². The first kappa shape index (κ1) is 24.7. The van der Waals surface area contributed by atoms with Gasteiger partial charge in [-0.05, 0) is 74.9 Å². The van der Waals surface area contributed by atoms with E-state index in [4.69, 9.17) is 0 Å². The molecule has 3 heteroatoms. The van der Waals surface area contributed by atoms with Crippen LogP contribution in [0.5, 0.6) is 0 Å². The van der Waals surface area contributed by atoms with Gasteiger partial charge in [0, 0.05) is 11.4 Å². The van der Waals surface area contributed by atoms with Crippen molar-refractivity contribution in [2.24, 2.45) is 0 Å². The van der Waals surface area contributed by atoms with E-state index >= 15 is 0 Å². The zero-order valence-electron chi connectivity index (χ0n) is 19.7. The number of nitrogens with zero attached hydrogens (tertiary/aromatic N) is 1. The smallest absolute Gasteiger partial charge is 0.0693 e. The first-order valence-electron chi connectivity index (χ1n) is 11.1. The van der Waals surface area contributed by atoms with Crippen molar-refractivity contribution in [1.29, 1.82) is 0 Å². The summed E-state index contributed by atoms with van der Waals surface area (Å²) in [7, 11) is 0. The van der Waals surface area contributed by atoms with E-state index in [0.29, 0.717) is 5.70 Å². The fourth-order valence-corrected chi connectivity index (χ4v) is 2.94. The van der Waals surface area contributed by atoms with Gasteiger partial charge in [-0.2, -0.15) is 0 Å². The van der Waals surface area contributed by atoms with Crippen LogP contribution in [0.15, 0.2) is 103 Å². The second kappa shape index (κ2) is 13.0. The van der Waals surface area contributed by atoms with Crippen LogP contribution in [0.1, 0.15) is 37.5 Å². The van der Waals surface area contributed by atoms with Gasteiger partial charge in [0.15, 0.2) is 0 Å². The van der Waals surface area contributed by atoms with Crippen LogP contribution in [0.4, 0.5) is 17.1 Å². The molecule has 0 amide bonds. The van der Waals surface area contributed by atoms with Crippen LogP contribution in [-0.4, -0.2) is 5.21 Å². The number of hydrogen-bond acceptors (Lipinski definition) is 3. The summed E-state index contributed by atoms with van der Waals surface area (Å²) >= 11 is 0. The molecular weight excluding hydrogens is 392 g/mol. The van der Waals surface area contributed by atoms with Crippen LogP contribution in [0, 0.1) is 13.8 Å². The van der Waals surface area contributed by atoms with E-state index in [9.17, 15) is 5.21 Å². The van der Waals surface area contributed by atoms with E-state index in [1.165, 1.54) is 10.6 Å². The van der Waals surface area contributed by atoms with Gasteiger partial charge < -0.3 is 5.32 Å². The van der Waals surface area contributed by atoms with Gasteiger partial charge in [0.1, 0.15) is 0 Å². The Hall–Kier alpha value is -3.56. The third-order valence-electron chi connectivity index (χ3n) is 4.67. The Morgan fingerprint density at radius 1 is 0.781 bits per heavy atom. The molecule has 3 aromatic rings. The molecule has 0 saturated carbocycles. The van der Waals surface area contributed by atoms with Gasteiger partial charge in [0.05, 0.1) is 11.4 Å². The zero-order valence-corrected chi connectivity index (χ0v) is 19.7. The summed E-state index contributed by atoms with van der Waals surface area (Å²) in [4.78, 5) is 0. The molecule has 0 unspecified atom stereocenters. The molecule has 0 radical (unpaired) electrons. The predicted octanol–water partition coefficient (Wildman–Crippen LogP) is 8.44. The minimum Gasteiger partial charge on any atom is -0.356 e. The molecule has 3 aromatic carbocycles. The quantitative estimate of drug-likeness (QED) is 0.294. The molecule has 166 valence electrons. The maximum atomic E-state index is 10.6. The number of hydrogen-bond donors (Lipinski definition) is 2. The number of hydroxylamine groups is 1. The van der Waals surface area contributed by atoms with Crippen LogP contribution in [0.3, 0.4) is 0 Å². The van der Waals surface area contributed by atoms with Crippen molar-refractivity contribution < 1.29 is 5.21 Å². The SMILES string of the molecule is CC.C\C=C/C(=C\C=C\c1ccc(Nc2ccc(C)cc2)cc1)N(O)c1ccc(C)cc1. The van der Waals surface area contributed by atoms with Crippen molar-refractivity contribution >= 4 is 23.1 Å². The standard InChI is InChI=1S/C27H28N2O.C2H6/c1-4-6-26(29(30)27-19-11-22(3)12-20-27)8-5-7-23-13-17-25(18-14-23)28-24-15-9-21(2)10-16-24;1-2/h4-20,28,30H,1-3H3;1-2H3/b6-4-,7-5+,26-8+;. The second-order valence-electron chi connectivity index (χ2n) is 7.21. The fourth-order valence-electron chi connectivity index (χ4n) is 2.94. The van der Waals surface area contributed by atoms with Crippen LogP contribution in [0.25, 0.3) is 6.08 Å². The summed E-state index contributed by atoms with van der Waals surface area (Å²) in [5.41, 5.74) is 7.02. The molecule has 0 bridgehead atoms. The van der Waals surface area contributed by atoms with Gasteiger partial charge >= 0.3 is 0 Å². The lowest BCUT2D eigenvalue weighted by molar-refractivity contribution is 0.287. The Morgan fingerprint density at radius 3 is 1.81 bits per heavy atom. The molecule has 0 aliphatic carbocycles. The topological polar surface area (TPSA) is 35.5 Å². The minimum absolute atomic E-state index is 0.690. The first-order valence-corrected chi connectivity index (χ1v) is 11.1. The maximum absolute atomic E-state index is 10.6. The number of benzene rings is 3. The zero-order chi connectivity index (χ0) is 23.3. The lowest BCUT2D eigenvalue weighted by atomic mass is 10.1. The van der Waals surface area contributed by atoms with E-state index in [1.807, 2.05) is 82.3 Å². The number of nitrogens with one attached hydrogen (secondary N) is 1. The summed E-state index contributed by atoms with van der Waals surface area (Å²) in [5, 5.41) is 15.2. The lowest BCUT2D eigenvalue weighted by Gasteiger charge is -2.18. The highest BCUT2D eigenvalue weighted by molar-refractivity contribution is 5.63. The van der Waals surface area contributed by atoms with E-state index in [0.717, 1.165) is 28.2 Å². The average molecular weight is 427 g/mol. The largest absolute Gasteiger partial charge is 0.356 e. The van der Waals surface area contributed by atoms with Crippen LogP contribution < -0.4 is 10.4 Å². The van der Waals surface area contributed by atoms with Crippen LogP contribution in [-0.2, 0) is 0 Å². The van der Waals surface area contributed by atoms with Crippen molar-refractivity contribution in [1.82, 2.24) is 0 Å². The summed E-state index contributed by atoms with van der Waals surface area (Å²) in [6.07, 6.45) is 9.62. The highest BCUT2D eigenvalue weighted by atomic mass is 16.5. The maximum Gasteiger partial charge on any atom is 0.0693 e. The Kier molecular flexibility index (Phi) is 10.0. The van der Waals surface area contributed by atoms with E-state index in [-0.39, 0.29) is 0 Å². The first-order chi connectivity index (χ1) is 15.5. The molecule has 0 heterocycles. The van der Waals surface area contributed by atoms with Crippen molar-refractivity contribution in [3.8, 4) is 0 Å². The number of allylic oxidation sites excluding steroid dienone is 4. The van der Waals surface area contributed by atoms with Crippen molar-refractivity contribution in [3.63, 3.8) is 0 Å². The number of aryl methyl sites for hydroxylation is 2. The van der Waals surface area contributed by atoms with Gasteiger partial charge in [0.2, 0.25) is 0 Å². The molecule has 32 heavy (non-hydrogen) atoms. The summed E-state index contributed by atoms with van der Waals surface area (Å²) in [5.74, 6) is 0. The van der Waals surface area contributed by atoms with Crippen molar-refractivity contribution in [2.75, 3.05) is 10.4 Å². The van der Waals surface area contributed by atoms with E-state index in [2.05, 4.69) is 60.8 Å². The molecular formula is C29H34N2O.